The summed E-state index contributed by atoms with van der Waals surface area (Å²) in [5.41, 5.74) is 2.06. The summed E-state index contributed by atoms with van der Waals surface area (Å²) in [6.45, 7) is 8.68. The van der Waals surface area contributed by atoms with Crippen molar-refractivity contribution in [3.8, 4) is 11.5 Å². The molecule has 2 aromatic rings. The first-order chi connectivity index (χ1) is 20.8. The van der Waals surface area contributed by atoms with Crippen LogP contribution in [0, 0.1) is 12.8 Å². The fourth-order valence-corrected chi connectivity index (χ4v) is 6.10. The Balaban J connectivity index is 0.00000162. The van der Waals surface area contributed by atoms with E-state index in [0.29, 0.717) is 50.0 Å². The van der Waals surface area contributed by atoms with Gasteiger partial charge in [0.2, 0.25) is 0 Å². The van der Waals surface area contributed by atoms with Crippen molar-refractivity contribution in [3.63, 3.8) is 0 Å². The smallest absolute Gasteiger partial charge is 0.410 e. The number of hydrogen-bond donors (Lipinski definition) is 0. The minimum Gasteiger partial charge on any atom is -0.554 e. The number of rotatable bonds is 14. The van der Waals surface area contributed by atoms with E-state index >= 15 is 0 Å². The number of carbonyl (C=O) groups is 3. The minimum atomic E-state index is -0.500. The first kappa shape index (κ1) is 33.8. The van der Waals surface area contributed by atoms with Gasteiger partial charge in [-0.1, -0.05) is 6.07 Å². The van der Waals surface area contributed by atoms with E-state index in [1.807, 2.05) is 38.1 Å². The highest BCUT2D eigenvalue weighted by Gasteiger charge is 2.47. The van der Waals surface area contributed by atoms with Gasteiger partial charge in [0.05, 0.1) is 53.3 Å². The molecule has 3 fully saturated rings. The number of esters is 1. The maximum atomic E-state index is 13.6. The molecule has 11 heteroatoms. The van der Waals surface area contributed by atoms with Crippen LogP contribution in [-0.4, -0.2) is 87.6 Å². The zero-order valence-electron chi connectivity index (χ0n) is 25.9. The van der Waals surface area contributed by atoms with Crippen LogP contribution < -0.4 is 14.6 Å². The van der Waals surface area contributed by atoms with Crippen LogP contribution in [0.3, 0.4) is 0 Å². The molecule has 1 amide bonds. The van der Waals surface area contributed by atoms with Crippen LogP contribution >= 0.6 is 0 Å². The number of furan rings is 1. The lowest BCUT2D eigenvalue weighted by Crippen LogP contribution is -2.65. The number of ether oxygens (including phenoxy) is 4. The monoisotopic (exact) mass is 602 g/mol. The molecule has 11 nitrogen and oxygen atoms in total. The second kappa shape index (κ2) is 16.8. The number of benzene rings is 1. The van der Waals surface area contributed by atoms with Gasteiger partial charge in [0.15, 0.2) is 17.6 Å². The zero-order chi connectivity index (χ0) is 31.2. The summed E-state index contributed by atoms with van der Waals surface area (Å²) in [5.74, 6) is 2.39. The Morgan fingerprint density at radius 2 is 1.84 bits per heavy atom. The Morgan fingerprint density at radius 3 is 2.47 bits per heavy atom. The lowest BCUT2D eigenvalue weighted by atomic mass is 9.83. The number of carboxylic acid groups (broad SMARTS) is 1. The van der Waals surface area contributed by atoms with Gasteiger partial charge in [0, 0.05) is 38.2 Å². The number of amides is 1. The van der Waals surface area contributed by atoms with Gasteiger partial charge in [0.1, 0.15) is 12.3 Å². The second-order valence-electron chi connectivity index (χ2n) is 11.2. The van der Waals surface area contributed by atoms with Gasteiger partial charge in [-0.25, -0.2) is 4.79 Å². The first-order valence-electron chi connectivity index (χ1n) is 15.0. The third-order valence-electron chi connectivity index (χ3n) is 8.54. The highest BCUT2D eigenvalue weighted by atomic mass is 16.6. The fourth-order valence-electron chi connectivity index (χ4n) is 6.10. The van der Waals surface area contributed by atoms with Crippen molar-refractivity contribution in [2.75, 3.05) is 53.6 Å². The van der Waals surface area contributed by atoms with Crippen molar-refractivity contribution in [2.45, 2.75) is 65.0 Å². The van der Waals surface area contributed by atoms with Crippen molar-refractivity contribution in [3.05, 3.63) is 47.4 Å². The van der Waals surface area contributed by atoms with Gasteiger partial charge in [-0.3, -0.25) is 4.79 Å². The number of nitrogens with zero attached hydrogens (tertiary/aromatic N) is 2. The molecule has 0 unspecified atom stereocenters. The van der Waals surface area contributed by atoms with Gasteiger partial charge < -0.3 is 42.6 Å². The van der Waals surface area contributed by atoms with E-state index in [0.717, 1.165) is 73.2 Å². The molecule has 1 aromatic heterocycles. The van der Waals surface area contributed by atoms with Crippen LogP contribution in [0.25, 0.3) is 0 Å². The summed E-state index contributed by atoms with van der Waals surface area (Å²) in [7, 11) is 3.24. The van der Waals surface area contributed by atoms with E-state index in [1.54, 1.807) is 25.4 Å². The van der Waals surface area contributed by atoms with E-state index < -0.39 is 6.47 Å². The summed E-state index contributed by atoms with van der Waals surface area (Å²) in [6, 6.07) is 7.74. The lowest BCUT2D eigenvalue weighted by Gasteiger charge is -2.52. The quantitative estimate of drug-likeness (QED) is 0.138. The molecule has 0 N–H and O–H groups in total. The van der Waals surface area contributed by atoms with Gasteiger partial charge in [0.25, 0.3) is 0 Å². The Hall–Kier alpha value is -3.73. The van der Waals surface area contributed by atoms with Crippen LogP contribution in [-0.2, 0) is 32.0 Å². The van der Waals surface area contributed by atoms with E-state index in [4.69, 9.17) is 33.3 Å². The summed E-state index contributed by atoms with van der Waals surface area (Å²) >= 11 is 0. The van der Waals surface area contributed by atoms with Gasteiger partial charge >= 0.3 is 12.1 Å². The van der Waals surface area contributed by atoms with Crippen molar-refractivity contribution >= 4 is 18.5 Å². The number of aryl methyl sites for hydroxylation is 1. The molecule has 1 atom stereocenters. The van der Waals surface area contributed by atoms with E-state index in [9.17, 15) is 9.59 Å². The van der Waals surface area contributed by atoms with E-state index in [2.05, 4.69) is 0 Å². The van der Waals surface area contributed by atoms with Crippen LogP contribution in [0.15, 0.2) is 34.9 Å². The highest BCUT2D eigenvalue weighted by molar-refractivity contribution is 5.69. The van der Waals surface area contributed by atoms with E-state index in [-0.39, 0.29) is 18.2 Å². The average molecular weight is 603 g/mol. The lowest BCUT2D eigenvalue weighted by molar-refractivity contribution is -0.946. The average Bonchev–Trinajstić information content (AvgIpc) is 3.42. The number of hydrogen-bond acceptors (Lipinski definition) is 9. The Labute approximate surface area is 254 Å². The molecule has 1 aromatic carbocycles. The maximum Gasteiger partial charge on any atom is 0.410 e. The van der Waals surface area contributed by atoms with Crippen LogP contribution in [0.1, 0.15) is 55.9 Å². The normalized spacial score (nSPS) is 20.4. The molecular formula is C32H46N2O9. The number of piperidine rings is 3. The number of unbranched alkanes of at least 4 members (excludes halogenated alkanes) is 1. The molecule has 3 saturated heterocycles. The molecule has 238 valence electrons. The summed E-state index contributed by atoms with van der Waals surface area (Å²) in [5, 5.41) is 8.25. The topological polar surface area (TPSA) is 128 Å². The highest BCUT2D eigenvalue weighted by Crippen LogP contribution is 2.36. The van der Waals surface area contributed by atoms with Crippen molar-refractivity contribution < 1.29 is 47.3 Å². The minimum absolute atomic E-state index is 0.0960. The predicted molar refractivity (Wildman–Crippen MR) is 156 cm³/mol. The van der Waals surface area contributed by atoms with Crippen LogP contribution in [0.5, 0.6) is 11.5 Å². The molecule has 0 aliphatic carbocycles. The maximum absolute atomic E-state index is 13.6. The van der Waals surface area contributed by atoms with Crippen molar-refractivity contribution in [2.24, 2.45) is 5.92 Å². The molecular weight excluding hydrogens is 556 g/mol. The second-order valence-corrected chi connectivity index (χ2v) is 11.2. The van der Waals surface area contributed by atoms with Crippen molar-refractivity contribution in [1.29, 1.82) is 0 Å². The summed E-state index contributed by atoms with van der Waals surface area (Å²) in [4.78, 5) is 35.4. The Kier molecular flexibility index (Phi) is 13.2. The molecule has 4 heterocycles. The Bertz CT molecular complexity index is 1170. The summed E-state index contributed by atoms with van der Waals surface area (Å²) in [6.07, 6.45) is 6.32. The predicted octanol–water partition coefficient (Wildman–Crippen LogP) is 3.50. The molecule has 3 aliphatic rings. The Morgan fingerprint density at radius 1 is 1.12 bits per heavy atom. The molecule has 0 spiro atoms. The third kappa shape index (κ3) is 9.64. The third-order valence-corrected chi connectivity index (χ3v) is 8.54. The SMILES string of the molecule is CCOC(=O)CCCC[N+]12CCC(CC1)[C@@H](OC(=O)N(CCc1ccc(OC)c(OC)c1)Cc1occc1C)C2.O=C[O-]. The molecule has 2 bridgehead atoms. The molecule has 0 radical (unpaired) electrons. The molecule has 43 heavy (non-hydrogen) atoms. The van der Waals surface area contributed by atoms with Crippen molar-refractivity contribution in [1.82, 2.24) is 4.90 Å². The van der Waals surface area contributed by atoms with E-state index in [1.165, 1.54) is 0 Å². The number of fused-ring (bicyclic) bond motifs is 3. The number of methoxy groups -OCH3 is 2. The number of quaternary nitrogens is 1. The zero-order valence-corrected chi connectivity index (χ0v) is 25.9. The van der Waals surface area contributed by atoms with Gasteiger partial charge in [-0.05, 0) is 62.4 Å². The standard InChI is InChI=1S/C31H45N2O7.CH2O2/c1-5-38-30(34)8-6-7-16-33-17-12-25(13-18-33)29(22-33)40-31(35)32(21-28-23(2)14-19-39-28)15-11-24-9-10-26(36-3)27(20-24)37-4;2-1-3/h9-10,14,19-20,25,29H,5-8,11-13,15-18,21-22H2,1-4H3;1H,(H,2,3)/q+1;/p-1/t25?,29-,33?;/m0./s1. The van der Waals surface area contributed by atoms with Gasteiger partial charge in [-0.2, -0.15) is 0 Å². The fraction of sp³-hybridized carbons (Fsp3) is 0.594. The number of carbonyl (C=O) groups excluding carboxylic acids is 3. The summed E-state index contributed by atoms with van der Waals surface area (Å²) < 4.78 is 28.8. The first-order valence-corrected chi connectivity index (χ1v) is 15.0. The van der Waals surface area contributed by atoms with Gasteiger partial charge in [-0.15, -0.1) is 0 Å². The molecule has 0 saturated carbocycles. The molecule has 3 aliphatic heterocycles. The van der Waals surface area contributed by atoms with Crippen LogP contribution in [0.4, 0.5) is 4.79 Å². The largest absolute Gasteiger partial charge is 0.554 e. The molecule has 5 rings (SSSR count). The van der Waals surface area contributed by atoms with Crippen LogP contribution in [0.2, 0.25) is 0 Å².